The molecule has 0 atom stereocenters. The Kier molecular flexibility index (Phi) is 7.16. The molecule has 0 saturated carbocycles. The summed E-state index contributed by atoms with van der Waals surface area (Å²) in [5.74, 6) is -19.9. The molecule has 0 aliphatic rings. The fraction of sp³-hybridized carbons (Fsp3) is 0.217. The summed E-state index contributed by atoms with van der Waals surface area (Å²) in [7, 11) is -0.628. The minimum absolute atomic E-state index is 0.403. The van der Waals surface area contributed by atoms with Crippen LogP contribution in [0.5, 0.6) is 5.75 Å². The van der Waals surface area contributed by atoms with Gasteiger partial charge in [0.1, 0.15) is 5.75 Å². The molecule has 182 valence electrons. The van der Waals surface area contributed by atoms with Gasteiger partial charge in [0.15, 0.2) is 21.3 Å². The van der Waals surface area contributed by atoms with Crippen molar-refractivity contribution in [3.8, 4) is 5.75 Å². The van der Waals surface area contributed by atoms with Gasteiger partial charge in [-0.1, -0.05) is 36.4 Å². The SMILES string of the molecule is FC(F)(F)C(F)(F)C(F)(F)C(F)(F)COc1ccc([S+](c2ccccc2)c2ccccc2)cc1. The van der Waals surface area contributed by atoms with Gasteiger partial charge in [-0.3, -0.25) is 0 Å². The van der Waals surface area contributed by atoms with E-state index < -0.39 is 47.2 Å². The molecule has 3 rings (SSSR count). The zero-order chi connectivity index (χ0) is 25.2. The number of hydrogen-bond donors (Lipinski definition) is 0. The molecule has 0 saturated heterocycles. The molecule has 0 N–H and O–H groups in total. The van der Waals surface area contributed by atoms with Crippen LogP contribution in [-0.2, 0) is 10.9 Å². The third-order valence-corrected chi connectivity index (χ3v) is 6.88. The zero-order valence-electron chi connectivity index (χ0n) is 17.0. The molecule has 0 aromatic heterocycles. The van der Waals surface area contributed by atoms with Gasteiger partial charge in [-0.25, -0.2) is 0 Å². The highest BCUT2D eigenvalue weighted by atomic mass is 32.2. The molecule has 3 aromatic carbocycles. The van der Waals surface area contributed by atoms with Crippen LogP contribution in [0, 0.1) is 0 Å². The zero-order valence-corrected chi connectivity index (χ0v) is 17.8. The number of benzene rings is 3. The third-order valence-electron chi connectivity index (χ3n) is 4.65. The number of ether oxygens (including phenoxy) is 1. The van der Waals surface area contributed by atoms with Crippen LogP contribution < -0.4 is 4.74 Å². The standard InChI is InChI=1S/C23H16F9OS/c24-20(25,21(26,27)22(28,29)23(30,31)32)15-33-16-11-13-19(14-12-16)34(17-7-3-1-4-8-17)18-9-5-2-6-10-18/h1-14H,15H2/q+1. The van der Waals surface area contributed by atoms with Crippen molar-refractivity contribution in [1.29, 1.82) is 0 Å². The van der Waals surface area contributed by atoms with Gasteiger partial charge in [0.2, 0.25) is 0 Å². The monoisotopic (exact) mass is 511 g/mol. The van der Waals surface area contributed by atoms with E-state index in [1.54, 1.807) is 0 Å². The van der Waals surface area contributed by atoms with E-state index in [9.17, 15) is 39.5 Å². The predicted molar refractivity (Wildman–Crippen MR) is 108 cm³/mol. The van der Waals surface area contributed by atoms with Crippen LogP contribution in [0.1, 0.15) is 0 Å². The van der Waals surface area contributed by atoms with Crippen LogP contribution in [0.4, 0.5) is 39.5 Å². The summed E-state index contributed by atoms with van der Waals surface area (Å²) in [6, 6.07) is 23.7. The van der Waals surface area contributed by atoms with E-state index in [0.29, 0.717) is 4.90 Å². The topological polar surface area (TPSA) is 9.23 Å². The molecule has 0 amide bonds. The normalized spacial score (nSPS) is 13.2. The minimum atomic E-state index is -6.95. The largest absolute Gasteiger partial charge is 0.487 e. The van der Waals surface area contributed by atoms with E-state index in [4.69, 9.17) is 0 Å². The maximum absolute atomic E-state index is 13.7. The Morgan fingerprint density at radius 2 is 0.941 bits per heavy atom. The lowest BCUT2D eigenvalue weighted by Crippen LogP contribution is -2.62. The summed E-state index contributed by atoms with van der Waals surface area (Å²) in [5, 5.41) is 0. The van der Waals surface area contributed by atoms with Crippen molar-refractivity contribution in [2.45, 2.75) is 38.6 Å². The lowest BCUT2D eigenvalue weighted by Gasteiger charge is -2.33. The molecule has 0 bridgehead atoms. The van der Waals surface area contributed by atoms with E-state index in [2.05, 4.69) is 4.74 Å². The van der Waals surface area contributed by atoms with Crippen LogP contribution in [0.2, 0.25) is 0 Å². The fourth-order valence-corrected chi connectivity index (χ4v) is 4.95. The average Bonchev–Trinajstić information content (AvgIpc) is 2.79. The van der Waals surface area contributed by atoms with Gasteiger partial charge in [-0.2, -0.15) is 39.5 Å². The minimum Gasteiger partial charge on any atom is -0.487 e. The Hall–Kier alpha value is -2.82. The van der Waals surface area contributed by atoms with Crippen molar-refractivity contribution in [1.82, 2.24) is 0 Å². The fourth-order valence-electron chi connectivity index (χ4n) is 2.87. The van der Waals surface area contributed by atoms with Crippen molar-refractivity contribution in [3.05, 3.63) is 84.9 Å². The third kappa shape index (κ3) is 4.98. The first-order valence-electron chi connectivity index (χ1n) is 9.55. The quantitative estimate of drug-likeness (QED) is 0.223. The first-order valence-corrected chi connectivity index (χ1v) is 10.8. The number of alkyl halides is 9. The lowest BCUT2D eigenvalue weighted by atomic mass is 10.0. The summed E-state index contributed by atoms with van der Waals surface area (Å²) in [4.78, 5) is 2.54. The molecule has 0 aliphatic carbocycles. The van der Waals surface area contributed by atoms with Crippen LogP contribution in [-0.4, -0.2) is 30.6 Å². The van der Waals surface area contributed by atoms with E-state index in [0.717, 1.165) is 21.9 Å². The van der Waals surface area contributed by atoms with Gasteiger partial charge in [-0.05, 0) is 48.5 Å². The van der Waals surface area contributed by atoms with Crippen molar-refractivity contribution in [3.63, 3.8) is 0 Å². The van der Waals surface area contributed by atoms with Crippen molar-refractivity contribution < 1.29 is 44.3 Å². The van der Waals surface area contributed by atoms with Gasteiger partial charge in [-0.15, -0.1) is 0 Å². The van der Waals surface area contributed by atoms with Crippen molar-refractivity contribution in [2.24, 2.45) is 0 Å². The van der Waals surface area contributed by atoms with Crippen LogP contribution >= 0.6 is 0 Å². The van der Waals surface area contributed by atoms with Gasteiger partial charge >= 0.3 is 23.9 Å². The van der Waals surface area contributed by atoms with E-state index in [1.165, 1.54) is 12.1 Å². The maximum Gasteiger partial charge on any atom is 0.460 e. The maximum atomic E-state index is 13.7. The molecule has 0 fully saturated rings. The molecule has 0 spiro atoms. The molecule has 0 radical (unpaired) electrons. The number of halogens is 9. The van der Waals surface area contributed by atoms with Crippen LogP contribution in [0.3, 0.4) is 0 Å². The summed E-state index contributed by atoms with van der Waals surface area (Å²) >= 11 is 0. The van der Waals surface area contributed by atoms with Gasteiger partial charge in [0, 0.05) is 0 Å². The summed E-state index contributed by atoms with van der Waals surface area (Å²) in [6.07, 6.45) is -6.87. The van der Waals surface area contributed by atoms with Crippen molar-refractivity contribution in [2.75, 3.05) is 6.61 Å². The Morgan fingerprint density at radius 1 is 0.529 bits per heavy atom. The highest BCUT2D eigenvalue weighted by Crippen LogP contribution is 2.53. The summed E-state index contributed by atoms with van der Waals surface area (Å²) in [5.41, 5.74) is 0. The Morgan fingerprint density at radius 3 is 1.35 bits per heavy atom. The van der Waals surface area contributed by atoms with E-state index in [1.807, 2.05) is 60.7 Å². The Labute approximate surface area is 191 Å². The number of hydrogen-bond acceptors (Lipinski definition) is 1. The molecular formula is C23H16F9OS+. The first kappa shape index (κ1) is 25.8. The van der Waals surface area contributed by atoms with Gasteiger partial charge in [0.05, 0.1) is 10.9 Å². The summed E-state index contributed by atoms with van der Waals surface area (Å²) in [6.45, 7) is -2.38. The molecular weight excluding hydrogens is 495 g/mol. The molecule has 11 heteroatoms. The molecule has 3 aromatic rings. The van der Waals surface area contributed by atoms with E-state index in [-0.39, 0.29) is 0 Å². The highest BCUT2D eigenvalue weighted by molar-refractivity contribution is 7.97. The second-order valence-electron chi connectivity index (χ2n) is 7.04. The Bertz CT molecular complexity index is 1030. The molecule has 0 heterocycles. The second kappa shape index (κ2) is 9.44. The van der Waals surface area contributed by atoms with E-state index >= 15 is 0 Å². The van der Waals surface area contributed by atoms with Gasteiger partial charge < -0.3 is 4.74 Å². The van der Waals surface area contributed by atoms with Gasteiger partial charge in [0.25, 0.3) is 0 Å². The highest BCUT2D eigenvalue weighted by Gasteiger charge is 2.81. The number of rotatable bonds is 8. The first-order chi connectivity index (χ1) is 15.8. The lowest BCUT2D eigenvalue weighted by molar-refractivity contribution is -0.398. The molecule has 1 nitrogen and oxygen atoms in total. The molecule has 34 heavy (non-hydrogen) atoms. The molecule has 0 aliphatic heterocycles. The smallest absolute Gasteiger partial charge is 0.460 e. The predicted octanol–water partition coefficient (Wildman–Crippen LogP) is 7.63. The molecule has 0 unspecified atom stereocenters. The van der Waals surface area contributed by atoms with Crippen LogP contribution in [0.15, 0.2) is 99.6 Å². The Balaban J connectivity index is 1.81. The summed E-state index contributed by atoms with van der Waals surface area (Å²) < 4.78 is 121. The van der Waals surface area contributed by atoms with Crippen LogP contribution in [0.25, 0.3) is 0 Å². The average molecular weight is 511 g/mol. The second-order valence-corrected chi connectivity index (χ2v) is 9.07. The van der Waals surface area contributed by atoms with Crippen molar-refractivity contribution >= 4 is 10.9 Å².